The Bertz CT molecular complexity index is 264. The van der Waals surface area contributed by atoms with Crippen molar-refractivity contribution >= 4 is 11.8 Å². The molecule has 2 aliphatic rings. The van der Waals surface area contributed by atoms with Crippen LogP contribution >= 0.6 is 0 Å². The van der Waals surface area contributed by atoms with Crippen LogP contribution in [0.2, 0.25) is 0 Å². The molecule has 0 aromatic rings. The number of nitrogens with one attached hydrogen (secondary N) is 3. The van der Waals surface area contributed by atoms with Gasteiger partial charge in [0.2, 0.25) is 11.8 Å². The number of rotatable bonds is 2. The first kappa shape index (κ1) is 11.4. The fourth-order valence-corrected chi connectivity index (χ4v) is 2.26. The highest BCUT2D eigenvalue weighted by Gasteiger charge is 2.25. The molecule has 2 saturated heterocycles. The Morgan fingerprint density at radius 3 is 2.62 bits per heavy atom. The van der Waals surface area contributed by atoms with Crippen LogP contribution < -0.4 is 16.0 Å². The van der Waals surface area contributed by atoms with Gasteiger partial charge >= 0.3 is 0 Å². The zero-order valence-electron chi connectivity index (χ0n) is 9.42. The molecule has 2 aliphatic heterocycles. The standard InChI is InChI=1S/C11H19N3O2/c15-10-2-1-9(7-13-10)14-11(16)8-3-5-12-6-4-8/h8-9,12H,1-7H2,(H,13,15)(H,14,16). The van der Waals surface area contributed by atoms with Crippen molar-refractivity contribution in [3.63, 3.8) is 0 Å². The van der Waals surface area contributed by atoms with Crippen LogP contribution in [0.25, 0.3) is 0 Å². The lowest BCUT2D eigenvalue weighted by molar-refractivity contribution is -0.128. The van der Waals surface area contributed by atoms with Crippen molar-refractivity contribution in [2.24, 2.45) is 5.92 Å². The maximum atomic E-state index is 11.9. The molecule has 0 aromatic carbocycles. The molecule has 16 heavy (non-hydrogen) atoms. The Labute approximate surface area is 95.3 Å². The molecule has 0 aliphatic carbocycles. The lowest BCUT2D eigenvalue weighted by Gasteiger charge is -2.27. The fourth-order valence-electron chi connectivity index (χ4n) is 2.26. The van der Waals surface area contributed by atoms with Crippen LogP contribution in [0.4, 0.5) is 0 Å². The average Bonchev–Trinajstić information content (AvgIpc) is 2.33. The van der Waals surface area contributed by atoms with Gasteiger partial charge in [-0.2, -0.15) is 0 Å². The first-order chi connectivity index (χ1) is 7.75. The number of hydrogen-bond acceptors (Lipinski definition) is 3. The molecule has 1 unspecified atom stereocenters. The predicted molar refractivity (Wildman–Crippen MR) is 59.8 cm³/mol. The van der Waals surface area contributed by atoms with Crippen LogP contribution in [0.15, 0.2) is 0 Å². The van der Waals surface area contributed by atoms with Gasteiger partial charge < -0.3 is 16.0 Å². The molecule has 2 fully saturated rings. The van der Waals surface area contributed by atoms with Crippen LogP contribution in [0.3, 0.4) is 0 Å². The maximum Gasteiger partial charge on any atom is 0.223 e. The summed E-state index contributed by atoms with van der Waals surface area (Å²) in [7, 11) is 0. The van der Waals surface area contributed by atoms with Gasteiger partial charge in [-0.25, -0.2) is 0 Å². The second kappa shape index (κ2) is 5.30. The molecule has 90 valence electrons. The van der Waals surface area contributed by atoms with E-state index in [4.69, 9.17) is 0 Å². The van der Waals surface area contributed by atoms with E-state index >= 15 is 0 Å². The molecule has 1 atom stereocenters. The third-order valence-corrected chi connectivity index (χ3v) is 3.32. The van der Waals surface area contributed by atoms with E-state index in [-0.39, 0.29) is 23.8 Å². The Morgan fingerprint density at radius 1 is 1.25 bits per heavy atom. The summed E-state index contributed by atoms with van der Waals surface area (Å²) < 4.78 is 0. The molecule has 5 nitrogen and oxygen atoms in total. The van der Waals surface area contributed by atoms with E-state index in [1.165, 1.54) is 0 Å². The van der Waals surface area contributed by atoms with E-state index in [0.717, 1.165) is 32.4 Å². The molecular weight excluding hydrogens is 206 g/mol. The summed E-state index contributed by atoms with van der Waals surface area (Å²) in [4.78, 5) is 22.9. The Kier molecular flexibility index (Phi) is 3.77. The normalized spacial score (nSPS) is 27.2. The molecule has 0 saturated carbocycles. The smallest absolute Gasteiger partial charge is 0.223 e. The monoisotopic (exact) mass is 225 g/mol. The second-order valence-electron chi connectivity index (χ2n) is 4.57. The van der Waals surface area contributed by atoms with Crippen molar-refractivity contribution in [1.29, 1.82) is 0 Å². The fraction of sp³-hybridized carbons (Fsp3) is 0.818. The zero-order chi connectivity index (χ0) is 11.4. The summed E-state index contributed by atoms with van der Waals surface area (Å²) >= 11 is 0. The van der Waals surface area contributed by atoms with Crippen LogP contribution in [-0.4, -0.2) is 37.5 Å². The minimum absolute atomic E-state index is 0.0902. The Balaban J connectivity index is 1.75. The third kappa shape index (κ3) is 2.95. The topological polar surface area (TPSA) is 70.2 Å². The molecule has 0 bridgehead atoms. The van der Waals surface area contributed by atoms with Crippen LogP contribution in [0.5, 0.6) is 0 Å². The highest BCUT2D eigenvalue weighted by molar-refractivity contribution is 5.80. The van der Waals surface area contributed by atoms with Gasteiger partial charge in [0.25, 0.3) is 0 Å². The largest absolute Gasteiger partial charge is 0.354 e. The average molecular weight is 225 g/mol. The van der Waals surface area contributed by atoms with E-state index < -0.39 is 0 Å². The zero-order valence-corrected chi connectivity index (χ0v) is 9.42. The summed E-state index contributed by atoms with van der Waals surface area (Å²) in [6, 6.07) is 0.125. The van der Waals surface area contributed by atoms with Crippen LogP contribution in [0, 0.1) is 5.92 Å². The molecule has 0 spiro atoms. The second-order valence-corrected chi connectivity index (χ2v) is 4.57. The van der Waals surface area contributed by atoms with Crippen molar-refractivity contribution in [3.8, 4) is 0 Å². The van der Waals surface area contributed by atoms with Gasteiger partial charge in [-0.1, -0.05) is 0 Å². The van der Waals surface area contributed by atoms with E-state index in [1.54, 1.807) is 0 Å². The lowest BCUT2D eigenvalue weighted by atomic mass is 9.96. The summed E-state index contributed by atoms with van der Waals surface area (Å²) in [6.07, 6.45) is 3.13. The summed E-state index contributed by atoms with van der Waals surface area (Å²) in [5, 5.41) is 9.04. The molecule has 0 aromatic heterocycles. The molecule has 2 rings (SSSR count). The number of carbonyl (C=O) groups excluding carboxylic acids is 2. The van der Waals surface area contributed by atoms with Crippen LogP contribution in [-0.2, 0) is 9.59 Å². The lowest BCUT2D eigenvalue weighted by Crippen LogP contribution is -2.50. The SMILES string of the molecule is O=C1CCC(NC(=O)C2CCNCC2)CN1. The highest BCUT2D eigenvalue weighted by atomic mass is 16.2. The predicted octanol–water partition coefficient (Wildman–Crippen LogP) is -0.619. The molecular formula is C11H19N3O2. The first-order valence-electron chi connectivity index (χ1n) is 6.03. The van der Waals surface area contributed by atoms with Crippen molar-refractivity contribution in [3.05, 3.63) is 0 Å². The summed E-state index contributed by atoms with van der Waals surface area (Å²) in [6.45, 7) is 2.44. The van der Waals surface area contributed by atoms with Gasteiger partial charge in [0.1, 0.15) is 0 Å². The van der Waals surface area contributed by atoms with Gasteiger partial charge in [0.05, 0.1) is 0 Å². The van der Waals surface area contributed by atoms with E-state index in [0.29, 0.717) is 13.0 Å². The Hall–Kier alpha value is -1.10. The molecule has 2 heterocycles. The first-order valence-corrected chi connectivity index (χ1v) is 6.03. The minimum Gasteiger partial charge on any atom is -0.354 e. The van der Waals surface area contributed by atoms with E-state index in [1.807, 2.05) is 0 Å². The Morgan fingerprint density at radius 2 is 2.00 bits per heavy atom. The van der Waals surface area contributed by atoms with E-state index in [2.05, 4.69) is 16.0 Å². The number of carbonyl (C=O) groups is 2. The number of amides is 2. The quantitative estimate of drug-likeness (QED) is 0.586. The van der Waals surface area contributed by atoms with Gasteiger partial charge in [-0.15, -0.1) is 0 Å². The molecule has 3 N–H and O–H groups in total. The van der Waals surface area contributed by atoms with Crippen molar-refractivity contribution < 1.29 is 9.59 Å². The number of hydrogen-bond donors (Lipinski definition) is 3. The third-order valence-electron chi connectivity index (χ3n) is 3.32. The van der Waals surface area contributed by atoms with Gasteiger partial charge in [0.15, 0.2) is 0 Å². The summed E-state index contributed by atoms with van der Waals surface area (Å²) in [5.74, 6) is 0.397. The molecule has 5 heteroatoms. The maximum absolute atomic E-state index is 11.9. The van der Waals surface area contributed by atoms with Crippen molar-refractivity contribution in [2.45, 2.75) is 31.7 Å². The van der Waals surface area contributed by atoms with Gasteiger partial charge in [-0.3, -0.25) is 9.59 Å². The van der Waals surface area contributed by atoms with Crippen molar-refractivity contribution in [1.82, 2.24) is 16.0 Å². The summed E-state index contributed by atoms with van der Waals surface area (Å²) in [5.41, 5.74) is 0. The highest BCUT2D eigenvalue weighted by Crippen LogP contribution is 2.12. The molecule has 0 radical (unpaired) electrons. The molecule has 2 amide bonds. The van der Waals surface area contributed by atoms with E-state index in [9.17, 15) is 9.59 Å². The van der Waals surface area contributed by atoms with Gasteiger partial charge in [-0.05, 0) is 32.4 Å². The minimum atomic E-state index is 0.0902. The van der Waals surface area contributed by atoms with Gasteiger partial charge in [0, 0.05) is 24.9 Å². The number of piperidine rings is 2. The van der Waals surface area contributed by atoms with Crippen molar-refractivity contribution in [2.75, 3.05) is 19.6 Å². The van der Waals surface area contributed by atoms with Crippen LogP contribution in [0.1, 0.15) is 25.7 Å².